The van der Waals surface area contributed by atoms with Crippen LogP contribution in [0.2, 0.25) is 0 Å². The highest BCUT2D eigenvalue weighted by Crippen LogP contribution is 2.13. The zero-order valence-corrected chi connectivity index (χ0v) is 10.4. The van der Waals surface area contributed by atoms with Gasteiger partial charge in [0.25, 0.3) is 5.91 Å². The van der Waals surface area contributed by atoms with E-state index in [4.69, 9.17) is 14.6 Å². The largest absolute Gasteiger partial charge is 0.394 e. The summed E-state index contributed by atoms with van der Waals surface area (Å²) in [5.41, 5.74) is -0.744. The molecule has 0 aromatic rings. The molecule has 0 bridgehead atoms. The van der Waals surface area contributed by atoms with E-state index in [1.165, 1.54) is 7.11 Å². The summed E-state index contributed by atoms with van der Waals surface area (Å²) in [7, 11) is 1.54. The highest BCUT2D eigenvalue weighted by Gasteiger charge is 2.30. The van der Waals surface area contributed by atoms with Gasteiger partial charge in [-0.15, -0.1) is 0 Å². The maximum Gasteiger partial charge on any atom is 0.251 e. The van der Waals surface area contributed by atoms with Crippen molar-refractivity contribution in [1.82, 2.24) is 5.32 Å². The number of ether oxygens (including phenoxy) is 2. The van der Waals surface area contributed by atoms with Gasteiger partial charge < -0.3 is 19.9 Å². The molecule has 0 heterocycles. The van der Waals surface area contributed by atoms with Gasteiger partial charge in [0, 0.05) is 20.3 Å². The van der Waals surface area contributed by atoms with E-state index in [9.17, 15) is 4.79 Å². The van der Waals surface area contributed by atoms with Gasteiger partial charge in [0.05, 0.1) is 13.2 Å². The Kier molecular flexibility index (Phi) is 8.15. The van der Waals surface area contributed by atoms with Crippen LogP contribution in [0, 0.1) is 0 Å². The third-order valence-corrected chi connectivity index (χ3v) is 2.59. The Morgan fingerprint density at radius 2 is 2.12 bits per heavy atom. The van der Waals surface area contributed by atoms with Crippen LogP contribution in [0.1, 0.15) is 26.7 Å². The molecule has 0 aliphatic carbocycles. The summed E-state index contributed by atoms with van der Waals surface area (Å²) < 4.78 is 10.2. The molecule has 0 rings (SSSR count). The quantitative estimate of drug-likeness (QED) is 0.563. The van der Waals surface area contributed by atoms with Crippen LogP contribution in [0.5, 0.6) is 0 Å². The van der Waals surface area contributed by atoms with Crippen LogP contribution < -0.4 is 5.32 Å². The number of hydrogen-bond donors (Lipinski definition) is 2. The second kappa shape index (κ2) is 8.50. The number of nitrogens with one attached hydrogen (secondary N) is 1. The highest BCUT2D eigenvalue weighted by molar-refractivity contribution is 5.84. The second-order valence-corrected chi connectivity index (χ2v) is 3.73. The van der Waals surface area contributed by atoms with Crippen molar-refractivity contribution in [1.29, 1.82) is 0 Å². The number of carbonyl (C=O) groups excluding carboxylic acids is 1. The molecule has 0 radical (unpaired) electrons. The molecule has 2 N–H and O–H groups in total. The van der Waals surface area contributed by atoms with Crippen LogP contribution in [0.4, 0.5) is 0 Å². The average molecular weight is 233 g/mol. The first kappa shape index (κ1) is 15.3. The van der Waals surface area contributed by atoms with Gasteiger partial charge in [-0.05, 0) is 19.8 Å². The summed E-state index contributed by atoms with van der Waals surface area (Å²) in [5, 5.41) is 11.3. The third kappa shape index (κ3) is 5.44. The van der Waals surface area contributed by atoms with E-state index in [1.54, 1.807) is 6.92 Å². The summed E-state index contributed by atoms with van der Waals surface area (Å²) in [6.07, 6.45) is 1.37. The maximum absolute atomic E-state index is 11.7. The Hall–Kier alpha value is -0.650. The van der Waals surface area contributed by atoms with Gasteiger partial charge in [-0.1, -0.05) is 6.92 Å². The molecular formula is C11H23NO4. The first-order valence-corrected chi connectivity index (χ1v) is 5.62. The van der Waals surface area contributed by atoms with Gasteiger partial charge in [-0.25, -0.2) is 0 Å². The van der Waals surface area contributed by atoms with Gasteiger partial charge in [-0.2, -0.15) is 0 Å². The predicted molar refractivity (Wildman–Crippen MR) is 61.2 cm³/mol. The number of hydrogen-bond acceptors (Lipinski definition) is 4. The lowest BCUT2D eigenvalue weighted by Crippen LogP contribution is -2.45. The molecule has 0 saturated heterocycles. The van der Waals surface area contributed by atoms with E-state index >= 15 is 0 Å². The van der Waals surface area contributed by atoms with E-state index in [2.05, 4.69) is 5.32 Å². The molecule has 1 unspecified atom stereocenters. The Balaban J connectivity index is 3.64. The molecule has 0 fully saturated rings. The number of amides is 1. The van der Waals surface area contributed by atoms with Crippen molar-refractivity contribution >= 4 is 5.91 Å². The minimum absolute atomic E-state index is 0.0317. The molecule has 5 heteroatoms. The van der Waals surface area contributed by atoms with Gasteiger partial charge in [0.15, 0.2) is 0 Å². The molecule has 1 amide bonds. The van der Waals surface area contributed by atoms with Crippen LogP contribution in [-0.2, 0) is 14.3 Å². The summed E-state index contributed by atoms with van der Waals surface area (Å²) in [6, 6.07) is 0. The van der Waals surface area contributed by atoms with Crippen molar-refractivity contribution in [2.24, 2.45) is 0 Å². The number of aliphatic hydroxyl groups is 1. The van der Waals surface area contributed by atoms with Crippen LogP contribution >= 0.6 is 0 Å². The summed E-state index contributed by atoms with van der Waals surface area (Å²) >= 11 is 0. The third-order valence-electron chi connectivity index (χ3n) is 2.59. The first-order chi connectivity index (χ1) is 7.60. The molecule has 0 saturated carbocycles. The number of methoxy groups -OCH3 is 1. The zero-order chi connectivity index (χ0) is 12.4. The van der Waals surface area contributed by atoms with Gasteiger partial charge in [-0.3, -0.25) is 4.79 Å². The molecule has 0 aliphatic rings. The first-order valence-electron chi connectivity index (χ1n) is 5.62. The second-order valence-electron chi connectivity index (χ2n) is 3.73. The lowest BCUT2D eigenvalue weighted by molar-refractivity contribution is -0.141. The molecule has 5 nitrogen and oxygen atoms in total. The standard InChI is InChI=1S/C11H23NO4/c1-4-11(2,15-3)10(14)12-6-5-8-16-9-7-13/h13H,4-9H2,1-3H3,(H,12,14). The van der Waals surface area contributed by atoms with Crippen molar-refractivity contribution in [3.05, 3.63) is 0 Å². The Labute approximate surface area is 97.1 Å². The van der Waals surface area contributed by atoms with Crippen molar-refractivity contribution in [3.63, 3.8) is 0 Å². The fraction of sp³-hybridized carbons (Fsp3) is 0.909. The Morgan fingerprint density at radius 3 is 2.62 bits per heavy atom. The van der Waals surface area contributed by atoms with Crippen LogP contribution in [0.25, 0.3) is 0 Å². The summed E-state index contributed by atoms with van der Waals surface area (Å²) in [4.78, 5) is 11.7. The van der Waals surface area contributed by atoms with Crippen molar-refractivity contribution < 1.29 is 19.4 Å². The lowest BCUT2D eigenvalue weighted by atomic mass is 10.0. The number of aliphatic hydroxyl groups excluding tert-OH is 1. The minimum Gasteiger partial charge on any atom is -0.394 e. The topological polar surface area (TPSA) is 67.8 Å². The van der Waals surface area contributed by atoms with E-state index < -0.39 is 5.60 Å². The SMILES string of the molecule is CCC(C)(OC)C(=O)NCCCOCCO. The monoisotopic (exact) mass is 233 g/mol. The van der Waals surface area contributed by atoms with Gasteiger partial charge in [0.1, 0.15) is 5.60 Å². The molecule has 0 spiro atoms. The molecule has 0 aromatic heterocycles. The van der Waals surface area contributed by atoms with Crippen molar-refractivity contribution in [3.8, 4) is 0 Å². The Bertz CT molecular complexity index is 192. The number of rotatable bonds is 9. The molecule has 1 atom stereocenters. The molecule has 16 heavy (non-hydrogen) atoms. The zero-order valence-electron chi connectivity index (χ0n) is 10.4. The van der Waals surface area contributed by atoms with E-state index in [1.807, 2.05) is 6.92 Å². The van der Waals surface area contributed by atoms with Crippen molar-refractivity contribution in [2.75, 3.05) is 33.5 Å². The summed E-state index contributed by atoms with van der Waals surface area (Å²) in [6.45, 7) is 5.15. The maximum atomic E-state index is 11.7. The number of carbonyl (C=O) groups is 1. The molecule has 96 valence electrons. The molecule has 0 aromatic carbocycles. The minimum atomic E-state index is -0.744. The van der Waals surface area contributed by atoms with Gasteiger partial charge >= 0.3 is 0 Å². The Morgan fingerprint density at radius 1 is 1.44 bits per heavy atom. The fourth-order valence-corrected chi connectivity index (χ4v) is 1.13. The van der Waals surface area contributed by atoms with Crippen LogP contribution in [-0.4, -0.2) is 50.1 Å². The molecular weight excluding hydrogens is 210 g/mol. The average Bonchev–Trinajstić information content (AvgIpc) is 2.32. The predicted octanol–water partition coefficient (Wildman–Crippen LogP) is 0.317. The van der Waals surface area contributed by atoms with E-state index in [-0.39, 0.29) is 12.5 Å². The van der Waals surface area contributed by atoms with E-state index in [0.29, 0.717) is 26.2 Å². The van der Waals surface area contributed by atoms with Crippen molar-refractivity contribution in [2.45, 2.75) is 32.3 Å². The fourth-order valence-electron chi connectivity index (χ4n) is 1.13. The highest BCUT2D eigenvalue weighted by atomic mass is 16.5. The van der Waals surface area contributed by atoms with Gasteiger partial charge in [0.2, 0.25) is 0 Å². The normalized spacial score (nSPS) is 14.5. The smallest absolute Gasteiger partial charge is 0.251 e. The van der Waals surface area contributed by atoms with E-state index in [0.717, 1.165) is 6.42 Å². The lowest BCUT2D eigenvalue weighted by Gasteiger charge is -2.25. The molecule has 0 aliphatic heterocycles. The van der Waals surface area contributed by atoms with Crippen LogP contribution in [0.3, 0.4) is 0 Å². The summed E-state index contributed by atoms with van der Waals surface area (Å²) in [5.74, 6) is -0.0975. The van der Waals surface area contributed by atoms with Crippen LogP contribution in [0.15, 0.2) is 0 Å².